The minimum atomic E-state index is 0.487. The van der Waals surface area contributed by atoms with Gasteiger partial charge >= 0.3 is 0 Å². The molecule has 0 bridgehead atoms. The van der Waals surface area contributed by atoms with Crippen LogP contribution in [0.2, 0.25) is 0 Å². The number of benzene rings is 1. The van der Waals surface area contributed by atoms with Crippen molar-refractivity contribution in [1.82, 2.24) is 4.98 Å². The van der Waals surface area contributed by atoms with Crippen LogP contribution in [0.5, 0.6) is 5.88 Å². The van der Waals surface area contributed by atoms with E-state index in [1.165, 1.54) is 0 Å². The Bertz CT molecular complexity index is 650. The minimum Gasteiger partial charge on any atom is -0.473 e. The van der Waals surface area contributed by atoms with Crippen LogP contribution >= 0.6 is 12.2 Å². The molecule has 0 unspecified atom stereocenters. The van der Waals surface area contributed by atoms with Gasteiger partial charge in [0.05, 0.1) is 5.16 Å². The van der Waals surface area contributed by atoms with Crippen molar-refractivity contribution in [3.8, 4) is 5.88 Å². The highest BCUT2D eigenvalue weighted by atomic mass is 32.1. The Labute approximate surface area is 136 Å². The number of ether oxygens (including phenoxy) is 1. The van der Waals surface area contributed by atoms with Crippen molar-refractivity contribution in [3.05, 3.63) is 48.0 Å². The maximum absolute atomic E-state index is 5.78. The lowest BCUT2D eigenvalue weighted by Gasteiger charge is -2.21. The molecule has 114 valence electrons. The Balaban J connectivity index is 2.22. The van der Waals surface area contributed by atoms with Gasteiger partial charge in [-0.05, 0) is 37.7 Å². The molecule has 0 aliphatic heterocycles. The van der Waals surface area contributed by atoms with E-state index in [2.05, 4.69) is 33.9 Å². The summed E-state index contributed by atoms with van der Waals surface area (Å²) < 4.78 is 5.78. The van der Waals surface area contributed by atoms with Crippen LogP contribution in [0.25, 0.3) is 0 Å². The van der Waals surface area contributed by atoms with Gasteiger partial charge < -0.3 is 9.64 Å². The first-order valence-electron chi connectivity index (χ1n) is 7.29. The summed E-state index contributed by atoms with van der Waals surface area (Å²) in [7, 11) is 0. The van der Waals surface area contributed by atoms with E-state index in [9.17, 15) is 0 Å². The molecule has 5 heteroatoms. The minimum absolute atomic E-state index is 0.487. The number of rotatable bonds is 7. The third-order valence-electron chi connectivity index (χ3n) is 3.29. The maximum atomic E-state index is 5.78. The van der Waals surface area contributed by atoms with Crippen LogP contribution in [-0.4, -0.2) is 23.2 Å². The van der Waals surface area contributed by atoms with Crippen LogP contribution in [-0.2, 0) is 6.61 Å². The lowest BCUT2D eigenvalue weighted by atomic mass is 10.2. The van der Waals surface area contributed by atoms with Crippen molar-refractivity contribution in [2.45, 2.75) is 20.5 Å². The molecule has 1 heterocycles. The molecule has 0 amide bonds. The Kier molecular flexibility index (Phi) is 6.07. The zero-order valence-electron chi connectivity index (χ0n) is 12.8. The topological polar surface area (TPSA) is 37.7 Å². The van der Waals surface area contributed by atoms with Crippen LogP contribution < -0.4 is 9.64 Å². The number of aliphatic imine (C=N–C) groups is 1. The SMILES string of the molecule is CCN(CC)c1nc(OCc2ccccc2)ccc1N=C=S. The van der Waals surface area contributed by atoms with Crippen molar-refractivity contribution in [3.63, 3.8) is 0 Å². The van der Waals surface area contributed by atoms with Crippen LogP contribution in [0.3, 0.4) is 0 Å². The van der Waals surface area contributed by atoms with Gasteiger partial charge in [-0.3, -0.25) is 0 Å². The standard InChI is InChI=1S/C17H19N3OS/c1-3-20(4-2)17-15(18-13-22)10-11-16(19-17)21-12-14-8-6-5-7-9-14/h5-11H,3-4,12H2,1-2H3. The molecular weight excluding hydrogens is 294 g/mol. The van der Waals surface area contributed by atoms with E-state index >= 15 is 0 Å². The molecule has 1 aromatic heterocycles. The third-order valence-corrected chi connectivity index (χ3v) is 3.38. The van der Waals surface area contributed by atoms with E-state index in [4.69, 9.17) is 17.0 Å². The molecule has 22 heavy (non-hydrogen) atoms. The normalized spacial score (nSPS) is 9.91. The second-order valence-corrected chi connectivity index (χ2v) is 4.82. The zero-order valence-corrected chi connectivity index (χ0v) is 13.6. The molecule has 1 aromatic carbocycles. The van der Waals surface area contributed by atoms with E-state index in [1.54, 1.807) is 6.07 Å². The Morgan fingerprint density at radius 3 is 2.50 bits per heavy atom. The fourth-order valence-corrected chi connectivity index (χ4v) is 2.23. The molecule has 0 atom stereocenters. The summed E-state index contributed by atoms with van der Waals surface area (Å²) in [5.74, 6) is 1.35. The molecule has 0 fully saturated rings. The molecule has 2 aromatic rings. The fourth-order valence-electron chi connectivity index (χ4n) is 2.13. The Hall–Kier alpha value is -2.23. The smallest absolute Gasteiger partial charge is 0.215 e. The average molecular weight is 313 g/mol. The molecule has 0 saturated heterocycles. The van der Waals surface area contributed by atoms with Crippen molar-refractivity contribution in [1.29, 1.82) is 0 Å². The average Bonchev–Trinajstić information content (AvgIpc) is 2.57. The molecule has 0 aliphatic rings. The van der Waals surface area contributed by atoms with Gasteiger partial charge in [-0.1, -0.05) is 30.3 Å². The van der Waals surface area contributed by atoms with Crippen molar-refractivity contribution in [2.75, 3.05) is 18.0 Å². The number of hydrogen-bond donors (Lipinski definition) is 0. The van der Waals surface area contributed by atoms with Gasteiger partial charge in [-0.2, -0.15) is 9.98 Å². The molecule has 2 rings (SSSR count). The molecule has 0 radical (unpaired) electrons. The number of pyridine rings is 1. The van der Waals surface area contributed by atoms with E-state index in [0.717, 1.165) is 24.5 Å². The first-order chi connectivity index (χ1) is 10.8. The summed E-state index contributed by atoms with van der Waals surface area (Å²) in [6.45, 7) is 6.32. The van der Waals surface area contributed by atoms with Crippen LogP contribution in [0, 0.1) is 0 Å². The number of aromatic nitrogens is 1. The van der Waals surface area contributed by atoms with Crippen LogP contribution in [0.15, 0.2) is 47.5 Å². The van der Waals surface area contributed by atoms with Gasteiger partial charge in [-0.15, -0.1) is 0 Å². The predicted octanol–water partition coefficient (Wildman–Crippen LogP) is 4.24. The van der Waals surface area contributed by atoms with Gasteiger partial charge in [0.1, 0.15) is 12.3 Å². The maximum Gasteiger partial charge on any atom is 0.215 e. The molecule has 0 N–H and O–H groups in total. The van der Waals surface area contributed by atoms with E-state index in [1.807, 2.05) is 36.4 Å². The predicted molar refractivity (Wildman–Crippen MR) is 93.3 cm³/mol. The summed E-state index contributed by atoms with van der Waals surface area (Å²) in [5.41, 5.74) is 1.82. The van der Waals surface area contributed by atoms with Crippen molar-refractivity contribution < 1.29 is 4.74 Å². The van der Waals surface area contributed by atoms with Crippen LogP contribution in [0.4, 0.5) is 11.5 Å². The van der Waals surface area contributed by atoms with Gasteiger partial charge in [0.2, 0.25) is 5.88 Å². The van der Waals surface area contributed by atoms with Gasteiger partial charge in [0.15, 0.2) is 5.82 Å². The van der Waals surface area contributed by atoms with Crippen molar-refractivity contribution >= 4 is 28.9 Å². The second-order valence-electron chi connectivity index (χ2n) is 4.64. The van der Waals surface area contributed by atoms with E-state index in [0.29, 0.717) is 18.2 Å². The monoisotopic (exact) mass is 313 g/mol. The molecule has 0 saturated carbocycles. The summed E-state index contributed by atoms with van der Waals surface area (Å²) >= 11 is 4.71. The Morgan fingerprint density at radius 1 is 1.14 bits per heavy atom. The zero-order chi connectivity index (χ0) is 15.8. The number of anilines is 1. The molecule has 0 spiro atoms. The first-order valence-corrected chi connectivity index (χ1v) is 7.69. The first kappa shape index (κ1) is 16.1. The fraction of sp³-hybridized carbons (Fsp3) is 0.294. The lowest BCUT2D eigenvalue weighted by molar-refractivity contribution is 0.294. The second kappa shape index (κ2) is 8.27. The highest BCUT2D eigenvalue weighted by Crippen LogP contribution is 2.29. The lowest BCUT2D eigenvalue weighted by Crippen LogP contribution is -2.23. The Morgan fingerprint density at radius 2 is 1.86 bits per heavy atom. The summed E-state index contributed by atoms with van der Waals surface area (Å²) in [4.78, 5) is 10.8. The number of hydrogen-bond acceptors (Lipinski definition) is 5. The van der Waals surface area contributed by atoms with Gasteiger partial charge in [0.25, 0.3) is 0 Å². The summed E-state index contributed by atoms with van der Waals surface area (Å²) in [5, 5.41) is 2.41. The summed E-state index contributed by atoms with van der Waals surface area (Å²) in [6, 6.07) is 13.7. The van der Waals surface area contributed by atoms with Crippen LogP contribution in [0.1, 0.15) is 19.4 Å². The van der Waals surface area contributed by atoms with Gasteiger partial charge in [0, 0.05) is 19.2 Å². The molecular formula is C17H19N3OS. The van der Waals surface area contributed by atoms with Gasteiger partial charge in [-0.25, -0.2) is 0 Å². The largest absolute Gasteiger partial charge is 0.473 e. The number of thiocarbonyl (C=S) groups is 1. The quantitative estimate of drug-likeness (QED) is 0.566. The van der Waals surface area contributed by atoms with E-state index in [-0.39, 0.29) is 0 Å². The van der Waals surface area contributed by atoms with Crippen molar-refractivity contribution in [2.24, 2.45) is 4.99 Å². The summed E-state index contributed by atoms with van der Waals surface area (Å²) in [6.07, 6.45) is 0. The highest BCUT2D eigenvalue weighted by Gasteiger charge is 2.11. The highest BCUT2D eigenvalue weighted by molar-refractivity contribution is 7.78. The number of isothiocyanates is 1. The molecule has 0 aliphatic carbocycles. The third kappa shape index (κ3) is 4.13. The molecule has 4 nitrogen and oxygen atoms in total. The number of nitrogens with zero attached hydrogens (tertiary/aromatic N) is 3. The van der Waals surface area contributed by atoms with E-state index < -0.39 is 0 Å².